The van der Waals surface area contributed by atoms with Gasteiger partial charge in [-0.15, -0.1) is 0 Å². The summed E-state index contributed by atoms with van der Waals surface area (Å²) in [5.74, 6) is -5.33. The Morgan fingerprint density at radius 3 is 2.32 bits per heavy atom. The highest BCUT2D eigenvalue weighted by atomic mass is 35.5. The lowest BCUT2D eigenvalue weighted by atomic mass is 9.99. The van der Waals surface area contributed by atoms with Crippen molar-refractivity contribution in [2.75, 3.05) is 13.2 Å². The lowest BCUT2D eigenvalue weighted by Crippen LogP contribution is -2.56. The van der Waals surface area contributed by atoms with Gasteiger partial charge in [0.2, 0.25) is 5.91 Å². The molecule has 8 nitrogen and oxygen atoms in total. The number of rotatable bonds is 11. The van der Waals surface area contributed by atoms with Crippen molar-refractivity contribution in [1.29, 1.82) is 0 Å². The summed E-state index contributed by atoms with van der Waals surface area (Å²) in [4.78, 5) is 40.3. The molecule has 3 amide bonds. The first-order valence-corrected chi connectivity index (χ1v) is 14.6. The van der Waals surface area contributed by atoms with Crippen LogP contribution in [0, 0.1) is 20.8 Å². The van der Waals surface area contributed by atoms with Crippen LogP contribution in [0.25, 0.3) is 0 Å². The number of nitrogens with one attached hydrogen (secondary N) is 2. The Morgan fingerprint density at radius 1 is 1.02 bits per heavy atom. The van der Waals surface area contributed by atoms with Crippen LogP contribution in [0.3, 0.4) is 0 Å². The molecular weight excluding hydrogens is 592 g/mol. The number of carbonyl (C=O) groups is 3. The Kier molecular flexibility index (Phi) is 10.6. The van der Waals surface area contributed by atoms with Gasteiger partial charge in [0.05, 0.1) is 12.6 Å². The van der Waals surface area contributed by atoms with E-state index in [1.165, 1.54) is 0 Å². The molecule has 3 aromatic rings. The summed E-state index contributed by atoms with van der Waals surface area (Å²) in [6.45, 7) is 4.06. The second kappa shape index (κ2) is 14.2. The van der Waals surface area contributed by atoms with Crippen molar-refractivity contribution in [3.8, 4) is 5.75 Å². The van der Waals surface area contributed by atoms with Gasteiger partial charge in [0, 0.05) is 18.0 Å². The van der Waals surface area contributed by atoms with Gasteiger partial charge in [0.1, 0.15) is 11.8 Å². The van der Waals surface area contributed by atoms with Gasteiger partial charge in [-0.05, 0) is 67.1 Å². The minimum Gasteiger partial charge on any atom is -0.483 e. The monoisotopic (exact) mass is 627 g/mol. The van der Waals surface area contributed by atoms with Crippen LogP contribution in [0.5, 0.6) is 5.75 Å². The molecule has 1 aliphatic rings. The average Bonchev–Trinajstić information content (AvgIpc) is 3.30. The molecule has 1 heterocycles. The van der Waals surface area contributed by atoms with E-state index in [0.717, 1.165) is 22.3 Å². The molecule has 0 aromatic heterocycles. The number of benzene rings is 3. The Bertz CT molecular complexity index is 1480. The van der Waals surface area contributed by atoms with Crippen molar-refractivity contribution < 1.29 is 33.0 Å². The van der Waals surface area contributed by atoms with E-state index < -0.39 is 61.4 Å². The number of alkyl halides is 2. The van der Waals surface area contributed by atoms with E-state index in [2.05, 4.69) is 10.6 Å². The molecule has 4 rings (SSSR count). The van der Waals surface area contributed by atoms with Gasteiger partial charge < -0.3 is 25.4 Å². The average molecular weight is 628 g/mol. The van der Waals surface area contributed by atoms with Crippen molar-refractivity contribution in [2.24, 2.45) is 0 Å². The third kappa shape index (κ3) is 8.33. The van der Waals surface area contributed by atoms with E-state index in [9.17, 15) is 28.3 Å². The molecule has 3 aromatic carbocycles. The number of likely N-dealkylation sites (tertiary alicyclic amines) is 1. The molecule has 0 bridgehead atoms. The lowest BCUT2D eigenvalue weighted by molar-refractivity contribution is -0.147. The Labute approximate surface area is 260 Å². The van der Waals surface area contributed by atoms with Gasteiger partial charge in [-0.1, -0.05) is 66.2 Å². The minimum absolute atomic E-state index is 0.0207. The fourth-order valence-electron chi connectivity index (χ4n) is 5.35. The van der Waals surface area contributed by atoms with Crippen LogP contribution in [-0.4, -0.2) is 65.0 Å². The fraction of sp³-hybridized carbons (Fsp3) is 0.364. The lowest BCUT2D eigenvalue weighted by Gasteiger charge is -2.30. The molecular formula is C33H36ClF2N3O5. The van der Waals surface area contributed by atoms with Crippen LogP contribution >= 0.6 is 11.6 Å². The normalized spacial score (nSPS) is 17.1. The Balaban J connectivity index is 1.49. The first-order chi connectivity index (χ1) is 20.8. The number of nitrogens with zero attached hydrogens (tertiary/aromatic N) is 1. The summed E-state index contributed by atoms with van der Waals surface area (Å²) in [7, 11) is 0. The van der Waals surface area contributed by atoms with Gasteiger partial charge in [0.25, 0.3) is 17.7 Å². The zero-order chi connectivity index (χ0) is 32.0. The molecule has 11 heteroatoms. The van der Waals surface area contributed by atoms with Gasteiger partial charge in [-0.25, -0.2) is 8.78 Å². The highest BCUT2D eigenvalue weighted by Gasteiger charge is 2.51. The molecule has 0 saturated carbocycles. The molecule has 0 unspecified atom stereocenters. The first-order valence-electron chi connectivity index (χ1n) is 14.3. The van der Waals surface area contributed by atoms with Gasteiger partial charge in [0.15, 0.2) is 12.7 Å². The van der Waals surface area contributed by atoms with Crippen LogP contribution in [0.2, 0.25) is 5.02 Å². The molecule has 0 radical (unpaired) electrons. The second-order valence-corrected chi connectivity index (χ2v) is 11.6. The number of carbonyl (C=O) groups excluding carboxylic acids is 3. The van der Waals surface area contributed by atoms with Crippen LogP contribution in [0.15, 0.2) is 66.7 Å². The molecule has 0 aliphatic carbocycles. The van der Waals surface area contributed by atoms with Gasteiger partial charge >= 0.3 is 0 Å². The highest BCUT2D eigenvalue weighted by Crippen LogP contribution is 2.33. The smallest absolute Gasteiger partial charge is 0.267 e. The highest BCUT2D eigenvalue weighted by molar-refractivity contribution is 6.30. The number of aliphatic hydroxyl groups is 1. The molecule has 44 heavy (non-hydrogen) atoms. The van der Waals surface area contributed by atoms with E-state index in [-0.39, 0.29) is 13.0 Å². The molecule has 234 valence electrons. The Morgan fingerprint density at radius 2 is 1.66 bits per heavy atom. The summed E-state index contributed by atoms with van der Waals surface area (Å²) in [5.41, 5.74) is 3.86. The topological polar surface area (TPSA) is 108 Å². The number of hydrogen-bond donors (Lipinski definition) is 3. The summed E-state index contributed by atoms with van der Waals surface area (Å²) >= 11 is 6.08. The summed E-state index contributed by atoms with van der Waals surface area (Å²) in [6, 6.07) is 16.8. The molecule has 3 atom stereocenters. The van der Waals surface area contributed by atoms with Crippen molar-refractivity contribution in [3.63, 3.8) is 0 Å². The zero-order valence-corrected chi connectivity index (χ0v) is 25.5. The van der Waals surface area contributed by atoms with Crippen LogP contribution < -0.4 is 15.4 Å². The number of aryl methyl sites for hydroxylation is 3. The summed E-state index contributed by atoms with van der Waals surface area (Å²) in [6.07, 6.45) is -2.78. The molecule has 0 spiro atoms. The standard InChI is InChI=1S/C33H36ClF2N3O5/c1-20-9-7-8-12-24(20)17-37-31(42)27-16-33(35,36)19-39(27)32(43)29(41)26(15-23-10-5-4-6-11-23)38-28(40)18-44-30-21(2)13-25(34)14-22(30)3/h4-14,26-27,29,41H,15-19H2,1-3H3,(H,37,42)(H,38,40)/t26-,27-,29-/m0/s1. The minimum atomic E-state index is -3.33. The maximum Gasteiger partial charge on any atom is 0.267 e. The molecule has 1 fully saturated rings. The van der Waals surface area contributed by atoms with Crippen LogP contribution in [-0.2, 0) is 27.3 Å². The maximum absolute atomic E-state index is 14.6. The van der Waals surface area contributed by atoms with Crippen molar-refractivity contribution in [2.45, 2.75) is 64.3 Å². The quantitative estimate of drug-likeness (QED) is 0.294. The van der Waals surface area contributed by atoms with Gasteiger partial charge in [-0.3, -0.25) is 14.4 Å². The van der Waals surface area contributed by atoms with E-state index in [4.69, 9.17) is 16.3 Å². The Hall–Kier alpha value is -4.02. The number of hydrogen-bond acceptors (Lipinski definition) is 5. The van der Waals surface area contributed by atoms with Gasteiger partial charge in [-0.2, -0.15) is 0 Å². The predicted molar refractivity (Wildman–Crippen MR) is 163 cm³/mol. The second-order valence-electron chi connectivity index (χ2n) is 11.2. The molecule has 1 aliphatic heterocycles. The SMILES string of the molecule is Cc1ccccc1CNC(=O)[C@@H]1CC(F)(F)CN1C(=O)[C@@H](O)[C@H](Cc1ccccc1)NC(=O)COc1c(C)cc(Cl)cc1C. The van der Waals surface area contributed by atoms with E-state index in [1.54, 1.807) is 62.4 Å². The summed E-state index contributed by atoms with van der Waals surface area (Å²) < 4.78 is 35.0. The van der Waals surface area contributed by atoms with Crippen molar-refractivity contribution >= 4 is 29.3 Å². The first kappa shape index (κ1) is 32.9. The third-order valence-corrected chi connectivity index (χ3v) is 7.84. The van der Waals surface area contributed by atoms with Crippen molar-refractivity contribution in [3.05, 3.63) is 99.6 Å². The number of ether oxygens (including phenoxy) is 1. The number of amides is 3. The summed E-state index contributed by atoms with van der Waals surface area (Å²) in [5, 5.41) is 17.0. The third-order valence-electron chi connectivity index (χ3n) is 7.62. The number of aliphatic hydroxyl groups excluding tert-OH is 1. The number of halogens is 3. The maximum atomic E-state index is 14.6. The fourth-order valence-corrected chi connectivity index (χ4v) is 5.68. The van der Waals surface area contributed by atoms with Crippen LogP contribution in [0.4, 0.5) is 8.78 Å². The largest absolute Gasteiger partial charge is 0.483 e. The van der Waals surface area contributed by atoms with E-state index in [0.29, 0.717) is 21.2 Å². The van der Waals surface area contributed by atoms with Crippen molar-refractivity contribution in [1.82, 2.24) is 15.5 Å². The van der Waals surface area contributed by atoms with Crippen LogP contribution in [0.1, 0.15) is 34.2 Å². The van der Waals surface area contributed by atoms with E-state index >= 15 is 0 Å². The molecule has 1 saturated heterocycles. The van der Waals surface area contributed by atoms with E-state index in [1.807, 2.05) is 25.1 Å². The molecule has 3 N–H and O–H groups in total. The zero-order valence-electron chi connectivity index (χ0n) is 24.8. The predicted octanol–water partition coefficient (Wildman–Crippen LogP) is 4.29.